The Hall–Kier alpha value is -2.12. The molecule has 32 heavy (non-hydrogen) atoms. The second kappa shape index (κ2) is 8.03. The number of nitrogens with zero attached hydrogens (tertiary/aromatic N) is 2. The summed E-state index contributed by atoms with van der Waals surface area (Å²) in [6, 6.07) is 10.5. The molecule has 176 valence electrons. The van der Waals surface area contributed by atoms with Crippen LogP contribution in [0.25, 0.3) is 0 Å². The molecule has 2 aliphatic carbocycles. The number of nitrogens with one attached hydrogen (secondary N) is 1. The number of carbonyl (C=O) groups is 2. The SMILES string of the molecule is CN[C@]1(c2ccccc2)CC[C@]2(CC1)CN(CC(C)(C)C(N)=O)C(=O)N2CC1(O)CCC1. The smallest absolute Gasteiger partial charge is 0.320 e. The average Bonchev–Trinajstić information content (AvgIpc) is 2.99. The third kappa shape index (κ3) is 3.90. The summed E-state index contributed by atoms with van der Waals surface area (Å²) in [5.74, 6) is -0.405. The summed E-state index contributed by atoms with van der Waals surface area (Å²) in [5, 5.41) is 14.5. The lowest BCUT2D eigenvalue weighted by Crippen LogP contribution is -2.59. The standard InChI is InChI=1S/C25H38N4O3/c1-22(2,20(26)30)16-28-17-23(29(21(28)31)18-24(32)10-7-11-24)12-14-25(27-3,15-13-23)19-8-5-4-6-9-19/h4-6,8-9,27,32H,7,10-18H2,1-3H3,(H2,26,30)/t23-,25+. The van der Waals surface area contributed by atoms with Crippen molar-refractivity contribution >= 4 is 11.9 Å². The van der Waals surface area contributed by atoms with E-state index in [1.807, 2.05) is 18.0 Å². The third-order valence-electron chi connectivity index (χ3n) is 8.39. The zero-order valence-electron chi connectivity index (χ0n) is 19.7. The Bertz CT molecular complexity index is 857. The largest absolute Gasteiger partial charge is 0.388 e. The lowest BCUT2D eigenvalue weighted by molar-refractivity contribution is -0.126. The number of carbonyl (C=O) groups excluding carboxylic acids is 2. The van der Waals surface area contributed by atoms with Crippen LogP contribution in [0, 0.1) is 5.41 Å². The van der Waals surface area contributed by atoms with E-state index in [9.17, 15) is 14.7 Å². The fourth-order valence-corrected chi connectivity index (χ4v) is 5.84. The van der Waals surface area contributed by atoms with Crippen molar-refractivity contribution in [1.82, 2.24) is 15.1 Å². The number of nitrogens with two attached hydrogens (primary N) is 1. The Morgan fingerprint density at radius 1 is 1.12 bits per heavy atom. The van der Waals surface area contributed by atoms with Crippen LogP contribution in [0.4, 0.5) is 4.79 Å². The van der Waals surface area contributed by atoms with Gasteiger partial charge in [0, 0.05) is 18.6 Å². The van der Waals surface area contributed by atoms with E-state index in [1.54, 1.807) is 18.7 Å². The minimum Gasteiger partial charge on any atom is -0.388 e. The number of primary amides is 1. The van der Waals surface area contributed by atoms with Gasteiger partial charge in [-0.1, -0.05) is 30.3 Å². The third-order valence-corrected chi connectivity index (χ3v) is 8.39. The van der Waals surface area contributed by atoms with Crippen molar-refractivity contribution in [1.29, 1.82) is 0 Å². The van der Waals surface area contributed by atoms with Crippen LogP contribution in [0.5, 0.6) is 0 Å². The summed E-state index contributed by atoms with van der Waals surface area (Å²) in [6.07, 6.45) is 5.98. The molecule has 1 aliphatic heterocycles. The number of urea groups is 1. The van der Waals surface area contributed by atoms with E-state index in [-0.39, 0.29) is 17.1 Å². The summed E-state index contributed by atoms with van der Waals surface area (Å²) >= 11 is 0. The number of hydrogen-bond donors (Lipinski definition) is 3. The maximum absolute atomic E-state index is 13.6. The van der Waals surface area contributed by atoms with Gasteiger partial charge in [0.1, 0.15) is 0 Å². The van der Waals surface area contributed by atoms with E-state index in [2.05, 4.69) is 29.6 Å². The summed E-state index contributed by atoms with van der Waals surface area (Å²) in [6.45, 7) is 4.83. The van der Waals surface area contributed by atoms with E-state index in [1.165, 1.54) is 5.56 Å². The maximum Gasteiger partial charge on any atom is 0.320 e. The predicted molar refractivity (Wildman–Crippen MR) is 124 cm³/mol. The highest BCUT2D eigenvalue weighted by atomic mass is 16.3. The molecule has 7 nitrogen and oxygen atoms in total. The van der Waals surface area contributed by atoms with Crippen LogP contribution in [0.1, 0.15) is 64.4 Å². The zero-order valence-corrected chi connectivity index (χ0v) is 19.7. The Kier molecular flexibility index (Phi) is 5.78. The van der Waals surface area contributed by atoms with Gasteiger partial charge in [-0.25, -0.2) is 4.79 Å². The molecular formula is C25H38N4O3. The van der Waals surface area contributed by atoms with Crippen LogP contribution >= 0.6 is 0 Å². The molecule has 1 aromatic rings. The first-order valence-electron chi connectivity index (χ1n) is 11.9. The highest BCUT2D eigenvalue weighted by molar-refractivity contribution is 5.83. The van der Waals surface area contributed by atoms with Crippen LogP contribution in [0.3, 0.4) is 0 Å². The number of hydrogen-bond acceptors (Lipinski definition) is 4. The van der Waals surface area contributed by atoms with Gasteiger partial charge in [0.2, 0.25) is 5.91 Å². The quantitative estimate of drug-likeness (QED) is 0.604. The van der Waals surface area contributed by atoms with Crippen LogP contribution in [-0.2, 0) is 10.3 Å². The minimum absolute atomic E-state index is 0.0729. The topological polar surface area (TPSA) is 98.9 Å². The highest BCUT2D eigenvalue weighted by Gasteiger charge is 2.56. The summed E-state index contributed by atoms with van der Waals surface area (Å²) in [4.78, 5) is 29.3. The summed E-state index contributed by atoms with van der Waals surface area (Å²) in [5.41, 5.74) is 4.86. The molecule has 0 aromatic heterocycles. The maximum atomic E-state index is 13.6. The molecule has 1 heterocycles. The predicted octanol–water partition coefficient (Wildman–Crippen LogP) is 2.58. The molecule has 4 N–H and O–H groups in total. The van der Waals surface area contributed by atoms with Crippen LogP contribution < -0.4 is 11.1 Å². The molecule has 3 amide bonds. The van der Waals surface area contributed by atoms with Crippen molar-refractivity contribution in [3.63, 3.8) is 0 Å². The van der Waals surface area contributed by atoms with Gasteiger partial charge in [0.15, 0.2) is 0 Å². The molecule has 1 spiro atoms. The van der Waals surface area contributed by atoms with E-state index >= 15 is 0 Å². The summed E-state index contributed by atoms with van der Waals surface area (Å²) in [7, 11) is 2.02. The Morgan fingerprint density at radius 3 is 2.25 bits per heavy atom. The number of amides is 3. The van der Waals surface area contributed by atoms with Gasteiger partial charge >= 0.3 is 6.03 Å². The van der Waals surface area contributed by atoms with E-state index in [0.717, 1.165) is 44.9 Å². The van der Waals surface area contributed by atoms with Gasteiger partial charge in [0.05, 0.1) is 23.1 Å². The second-order valence-electron chi connectivity index (χ2n) is 11.0. The monoisotopic (exact) mass is 442 g/mol. The number of aliphatic hydroxyl groups is 1. The lowest BCUT2D eigenvalue weighted by Gasteiger charge is -2.50. The van der Waals surface area contributed by atoms with Crippen LogP contribution in [0.15, 0.2) is 30.3 Å². The zero-order chi connectivity index (χ0) is 23.2. The molecular weight excluding hydrogens is 404 g/mol. The van der Waals surface area contributed by atoms with Crippen LogP contribution in [-0.4, -0.2) is 64.7 Å². The molecule has 0 unspecified atom stereocenters. The van der Waals surface area contributed by atoms with Gasteiger partial charge in [-0.05, 0) is 71.4 Å². The molecule has 7 heteroatoms. The first kappa shape index (κ1) is 23.1. The molecule has 3 fully saturated rings. The number of benzene rings is 1. The Balaban J connectivity index is 1.60. The Labute approximate surface area is 191 Å². The molecule has 1 saturated heterocycles. The molecule has 0 bridgehead atoms. The Morgan fingerprint density at radius 2 is 1.75 bits per heavy atom. The summed E-state index contributed by atoms with van der Waals surface area (Å²) < 4.78 is 0. The lowest BCUT2D eigenvalue weighted by atomic mass is 9.68. The van der Waals surface area contributed by atoms with Gasteiger partial charge in [-0.15, -0.1) is 0 Å². The van der Waals surface area contributed by atoms with E-state index in [4.69, 9.17) is 5.73 Å². The first-order valence-corrected chi connectivity index (χ1v) is 11.9. The number of β-amino-alcohol motifs (C(OH)–C–C–N with tert-alkyl or cyclic N) is 1. The second-order valence-corrected chi connectivity index (χ2v) is 11.0. The van der Waals surface area contributed by atoms with Gasteiger partial charge in [-0.2, -0.15) is 0 Å². The minimum atomic E-state index is -0.798. The average molecular weight is 443 g/mol. The van der Waals surface area contributed by atoms with Crippen molar-refractivity contribution < 1.29 is 14.7 Å². The normalized spacial score (nSPS) is 29.9. The van der Waals surface area contributed by atoms with E-state index in [0.29, 0.717) is 19.6 Å². The molecule has 0 atom stereocenters. The molecule has 1 aromatic carbocycles. The van der Waals surface area contributed by atoms with Crippen molar-refractivity contribution in [3.8, 4) is 0 Å². The first-order chi connectivity index (χ1) is 15.0. The van der Waals surface area contributed by atoms with Crippen molar-refractivity contribution in [3.05, 3.63) is 35.9 Å². The number of rotatable bonds is 7. The molecule has 0 radical (unpaired) electrons. The molecule has 3 aliphatic rings. The molecule has 4 rings (SSSR count). The van der Waals surface area contributed by atoms with Crippen molar-refractivity contribution in [2.75, 3.05) is 26.7 Å². The van der Waals surface area contributed by atoms with Crippen molar-refractivity contribution in [2.45, 2.75) is 75.5 Å². The fourth-order valence-electron chi connectivity index (χ4n) is 5.84. The van der Waals surface area contributed by atoms with Gasteiger partial charge in [-0.3, -0.25) is 4.79 Å². The fraction of sp³-hybridized carbons (Fsp3) is 0.680. The van der Waals surface area contributed by atoms with Crippen LogP contribution in [0.2, 0.25) is 0 Å². The highest BCUT2D eigenvalue weighted by Crippen LogP contribution is 2.48. The van der Waals surface area contributed by atoms with E-state index < -0.39 is 16.9 Å². The van der Waals surface area contributed by atoms with Gasteiger partial charge in [0.25, 0.3) is 0 Å². The van der Waals surface area contributed by atoms with Crippen molar-refractivity contribution in [2.24, 2.45) is 11.1 Å². The molecule has 2 saturated carbocycles. The van der Waals surface area contributed by atoms with Gasteiger partial charge < -0.3 is 26.0 Å².